The topological polar surface area (TPSA) is 83.8 Å². The number of benzene rings is 3. The number of anilines is 1. The van der Waals surface area contributed by atoms with Gasteiger partial charge in [-0.3, -0.25) is 9.10 Å². The number of carbonyl (C=O) groups excluding carboxylic acids is 1. The predicted molar refractivity (Wildman–Crippen MR) is 154 cm³/mol. The number of hydrogen-bond donors (Lipinski definition) is 1. The van der Waals surface area contributed by atoms with Gasteiger partial charge in [0.1, 0.15) is 0 Å². The summed E-state index contributed by atoms with van der Waals surface area (Å²) in [5.41, 5.74) is 8.93. The van der Waals surface area contributed by atoms with Crippen molar-refractivity contribution < 1.29 is 13.2 Å². The highest BCUT2D eigenvalue weighted by Crippen LogP contribution is 2.26. The monoisotopic (exact) mass is 548 g/mol. The van der Waals surface area contributed by atoms with E-state index in [1.54, 1.807) is 30.5 Å². The van der Waals surface area contributed by atoms with E-state index in [0.29, 0.717) is 16.3 Å². The molecule has 0 saturated heterocycles. The average molecular weight is 549 g/mol. The summed E-state index contributed by atoms with van der Waals surface area (Å²) in [4.78, 5) is 12.7. The lowest BCUT2D eigenvalue weighted by atomic mass is 10.1. The van der Waals surface area contributed by atoms with Crippen LogP contribution in [0.15, 0.2) is 84.0 Å². The third-order valence-electron chi connectivity index (χ3n) is 6.33. The molecule has 3 aromatic carbocycles. The Bertz CT molecular complexity index is 1610. The number of rotatable bonds is 8. The smallest absolute Gasteiger partial charge is 0.271 e. The lowest BCUT2D eigenvalue weighted by Gasteiger charge is -2.23. The van der Waals surface area contributed by atoms with E-state index in [1.165, 1.54) is 10.6 Å². The maximum Gasteiger partial charge on any atom is 0.271 e. The molecule has 0 aliphatic rings. The number of aromatic nitrogens is 1. The second-order valence-electron chi connectivity index (χ2n) is 9.06. The molecule has 0 spiro atoms. The van der Waals surface area contributed by atoms with Gasteiger partial charge in [0.25, 0.3) is 5.91 Å². The molecule has 0 radical (unpaired) electrons. The molecule has 1 heterocycles. The number of amides is 1. The maximum absolute atomic E-state index is 12.7. The van der Waals surface area contributed by atoms with Crippen LogP contribution in [0.2, 0.25) is 5.02 Å². The summed E-state index contributed by atoms with van der Waals surface area (Å²) < 4.78 is 28.4. The maximum atomic E-state index is 12.7. The second-order valence-corrected chi connectivity index (χ2v) is 11.4. The van der Waals surface area contributed by atoms with Crippen LogP contribution in [0, 0.1) is 20.8 Å². The first-order valence-electron chi connectivity index (χ1n) is 12.0. The van der Waals surface area contributed by atoms with Gasteiger partial charge >= 0.3 is 0 Å². The molecule has 196 valence electrons. The van der Waals surface area contributed by atoms with Crippen LogP contribution in [0.1, 0.15) is 38.4 Å². The summed E-state index contributed by atoms with van der Waals surface area (Å²) in [6, 6.07) is 23.6. The van der Waals surface area contributed by atoms with Gasteiger partial charge in [-0.1, -0.05) is 48.0 Å². The van der Waals surface area contributed by atoms with Crippen LogP contribution in [0.5, 0.6) is 0 Å². The molecule has 0 fully saturated rings. The molecule has 0 saturated carbocycles. The summed E-state index contributed by atoms with van der Waals surface area (Å²) in [5.74, 6) is -0.405. The van der Waals surface area contributed by atoms with Gasteiger partial charge in [0.15, 0.2) is 0 Å². The zero-order valence-electron chi connectivity index (χ0n) is 21.6. The number of nitrogens with zero attached hydrogens (tertiary/aromatic N) is 3. The minimum Gasteiger partial charge on any atom is -0.316 e. The summed E-state index contributed by atoms with van der Waals surface area (Å²) in [7, 11) is -3.54. The van der Waals surface area contributed by atoms with E-state index in [2.05, 4.69) is 10.5 Å². The molecule has 0 aliphatic carbocycles. The highest BCUT2D eigenvalue weighted by molar-refractivity contribution is 7.92. The quantitative estimate of drug-likeness (QED) is 0.223. The molecular formula is C29H29ClN4O3S. The molecule has 4 aromatic rings. The largest absolute Gasteiger partial charge is 0.316 e. The second kappa shape index (κ2) is 11.2. The number of halogens is 1. The van der Waals surface area contributed by atoms with Gasteiger partial charge in [-0.05, 0) is 74.4 Å². The van der Waals surface area contributed by atoms with E-state index in [4.69, 9.17) is 11.6 Å². The highest BCUT2D eigenvalue weighted by atomic mass is 35.5. The van der Waals surface area contributed by atoms with Crippen molar-refractivity contribution in [3.63, 3.8) is 0 Å². The van der Waals surface area contributed by atoms with Crippen LogP contribution < -0.4 is 9.73 Å². The molecule has 38 heavy (non-hydrogen) atoms. The number of para-hydroxylation sites is 1. The van der Waals surface area contributed by atoms with E-state index in [1.807, 2.05) is 79.9 Å². The molecule has 9 heteroatoms. The Balaban J connectivity index is 1.48. The van der Waals surface area contributed by atoms with Gasteiger partial charge < -0.3 is 4.57 Å². The molecule has 0 aliphatic heterocycles. The molecule has 1 amide bonds. The summed E-state index contributed by atoms with van der Waals surface area (Å²) in [6.07, 6.45) is 2.76. The summed E-state index contributed by atoms with van der Waals surface area (Å²) >= 11 is 6.38. The summed E-state index contributed by atoms with van der Waals surface area (Å²) in [6.45, 7) is 6.08. The van der Waals surface area contributed by atoms with Crippen molar-refractivity contribution in [3.8, 4) is 5.69 Å². The fraction of sp³-hybridized carbons (Fsp3) is 0.172. The standard InChI is InChI=1S/C29H29ClN4O3S/c1-20-9-5-6-10-24(20)19-33(38(4,36)37)26-15-13-23(14-16-26)29(35)32-31-18-25-17-21(2)34(22(25)3)28-12-8-7-11-27(28)30/h5-18H,19H2,1-4H3,(H,32,35)/b31-18-. The van der Waals surface area contributed by atoms with Crippen LogP contribution in [-0.2, 0) is 16.6 Å². The van der Waals surface area contributed by atoms with Crippen LogP contribution in [-0.4, -0.2) is 31.4 Å². The Morgan fingerprint density at radius 2 is 1.66 bits per heavy atom. The van der Waals surface area contributed by atoms with Gasteiger partial charge in [0.2, 0.25) is 10.0 Å². The predicted octanol–water partition coefficient (Wildman–Crippen LogP) is 5.79. The zero-order valence-corrected chi connectivity index (χ0v) is 23.2. The zero-order chi connectivity index (χ0) is 27.4. The van der Waals surface area contributed by atoms with Gasteiger partial charge in [0.05, 0.1) is 35.4 Å². The Morgan fingerprint density at radius 1 is 1.00 bits per heavy atom. The average Bonchev–Trinajstić information content (AvgIpc) is 3.15. The van der Waals surface area contributed by atoms with E-state index < -0.39 is 15.9 Å². The molecule has 4 rings (SSSR count). The third-order valence-corrected chi connectivity index (χ3v) is 7.79. The first-order chi connectivity index (χ1) is 18.1. The molecule has 0 bridgehead atoms. The molecule has 7 nitrogen and oxygen atoms in total. The van der Waals surface area contributed by atoms with Crippen LogP contribution in [0.3, 0.4) is 0 Å². The minimum atomic E-state index is -3.54. The number of aryl methyl sites for hydroxylation is 2. The van der Waals surface area contributed by atoms with Gasteiger partial charge in [0, 0.05) is 22.5 Å². The van der Waals surface area contributed by atoms with E-state index in [0.717, 1.165) is 33.8 Å². The van der Waals surface area contributed by atoms with Crippen LogP contribution >= 0.6 is 11.6 Å². The first-order valence-corrected chi connectivity index (χ1v) is 14.2. The van der Waals surface area contributed by atoms with Crippen LogP contribution in [0.4, 0.5) is 5.69 Å². The van der Waals surface area contributed by atoms with Crippen molar-refractivity contribution >= 4 is 39.4 Å². The van der Waals surface area contributed by atoms with Gasteiger partial charge in [-0.25, -0.2) is 13.8 Å². The lowest BCUT2D eigenvalue weighted by Crippen LogP contribution is -2.29. The van der Waals surface area contributed by atoms with E-state index in [-0.39, 0.29) is 6.54 Å². The fourth-order valence-electron chi connectivity index (χ4n) is 4.27. The highest BCUT2D eigenvalue weighted by Gasteiger charge is 2.19. The normalized spacial score (nSPS) is 11.6. The van der Waals surface area contributed by atoms with E-state index >= 15 is 0 Å². The molecule has 0 unspecified atom stereocenters. The molecule has 1 N–H and O–H groups in total. The number of hydrogen-bond acceptors (Lipinski definition) is 4. The van der Waals surface area contributed by atoms with Crippen molar-refractivity contribution in [1.82, 2.24) is 9.99 Å². The van der Waals surface area contributed by atoms with Gasteiger partial charge in [-0.2, -0.15) is 5.10 Å². The van der Waals surface area contributed by atoms with Gasteiger partial charge in [-0.15, -0.1) is 0 Å². The van der Waals surface area contributed by atoms with Crippen molar-refractivity contribution in [2.75, 3.05) is 10.6 Å². The van der Waals surface area contributed by atoms with Crippen molar-refractivity contribution in [1.29, 1.82) is 0 Å². The fourth-order valence-corrected chi connectivity index (χ4v) is 5.37. The molecule has 1 aromatic heterocycles. The Hall–Kier alpha value is -3.88. The summed E-state index contributed by atoms with van der Waals surface area (Å²) in [5, 5.41) is 4.78. The third kappa shape index (κ3) is 5.98. The SMILES string of the molecule is Cc1ccccc1CN(c1ccc(C(=O)N/N=C\c2cc(C)n(-c3ccccc3Cl)c2C)cc1)S(C)(=O)=O. The van der Waals surface area contributed by atoms with Crippen molar-refractivity contribution in [2.24, 2.45) is 5.10 Å². The Morgan fingerprint density at radius 3 is 2.32 bits per heavy atom. The Kier molecular flexibility index (Phi) is 8.04. The van der Waals surface area contributed by atoms with Crippen molar-refractivity contribution in [2.45, 2.75) is 27.3 Å². The minimum absolute atomic E-state index is 0.202. The number of sulfonamides is 1. The number of carbonyl (C=O) groups is 1. The van der Waals surface area contributed by atoms with E-state index in [9.17, 15) is 13.2 Å². The molecular weight excluding hydrogens is 520 g/mol. The van der Waals surface area contributed by atoms with Crippen molar-refractivity contribution in [3.05, 3.63) is 118 Å². The first kappa shape index (κ1) is 27.2. The number of nitrogens with one attached hydrogen (secondary N) is 1. The lowest BCUT2D eigenvalue weighted by molar-refractivity contribution is 0.0955. The Labute approximate surface area is 228 Å². The number of hydrazone groups is 1. The molecule has 0 atom stereocenters. The van der Waals surface area contributed by atoms with Crippen LogP contribution in [0.25, 0.3) is 5.69 Å².